The minimum Gasteiger partial charge on any atom is -0.481 e. The smallest absolute Gasteiger partial charge is 0.421 e. The molecule has 0 rings (SSSR count). The molecule has 112 valence electrons. The fraction of sp³-hybridized carbons (Fsp3) is 0.800. The molecule has 0 unspecified atom stereocenters. The van der Waals surface area contributed by atoms with Crippen molar-refractivity contribution >= 4 is 22.3 Å². The Labute approximate surface area is 112 Å². The molecular formula is C10H20N2O6S. The molecule has 0 saturated carbocycles. The number of carbonyl (C=O) groups is 2. The summed E-state index contributed by atoms with van der Waals surface area (Å²) in [6, 6.07) is 0. The number of rotatable bonds is 8. The van der Waals surface area contributed by atoms with Gasteiger partial charge in [0.05, 0.1) is 12.0 Å². The summed E-state index contributed by atoms with van der Waals surface area (Å²) >= 11 is 0. The van der Waals surface area contributed by atoms with Gasteiger partial charge in [0.2, 0.25) is 0 Å². The van der Waals surface area contributed by atoms with Crippen molar-refractivity contribution in [2.75, 3.05) is 13.2 Å². The number of hydrogen-bond donors (Lipinski definition) is 3. The molecule has 8 nitrogen and oxygen atoms in total. The van der Waals surface area contributed by atoms with Crippen molar-refractivity contribution in [2.45, 2.75) is 33.6 Å². The first kappa shape index (κ1) is 17.6. The van der Waals surface area contributed by atoms with Gasteiger partial charge < -0.3 is 9.84 Å². The number of carboxylic acids is 1. The third kappa shape index (κ3) is 5.43. The highest BCUT2D eigenvalue weighted by molar-refractivity contribution is 7.88. The van der Waals surface area contributed by atoms with Gasteiger partial charge in [-0.2, -0.15) is 13.1 Å². The molecule has 0 aliphatic carbocycles. The third-order valence-corrected chi connectivity index (χ3v) is 3.86. The SMILES string of the molecule is CCOC(=O)NS(=O)(=O)NCC(CC)(CC)C(=O)O. The highest BCUT2D eigenvalue weighted by atomic mass is 32.2. The topological polar surface area (TPSA) is 122 Å². The molecule has 0 radical (unpaired) electrons. The molecule has 0 atom stereocenters. The van der Waals surface area contributed by atoms with Crippen molar-refractivity contribution in [1.29, 1.82) is 0 Å². The van der Waals surface area contributed by atoms with E-state index < -0.39 is 27.7 Å². The molecule has 0 spiro atoms. The maximum atomic E-state index is 11.5. The molecule has 0 heterocycles. The van der Waals surface area contributed by atoms with Gasteiger partial charge in [0.15, 0.2) is 0 Å². The molecule has 0 aromatic rings. The van der Waals surface area contributed by atoms with Gasteiger partial charge in [0.1, 0.15) is 0 Å². The van der Waals surface area contributed by atoms with Crippen LogP contribution >= 0.6 is 0 Å². The van der Waals surface area contributed by atoms with Gasteiger partial charge in [0, 0.05) is 6.54 Å². The van der Waals surface area contributed by atoms with Crippen LogP contribution in [-0.4, -0.2) is 38.7 Å². The van der Waals surface area contributed by atoms with E-state index in [1.165, 1.54) is 6.92 Å². The lowest BCUT2D eigenvalue weighted by molar-refractivity contribution is -0.149. The maximum absolute atomic E-state index is 11.5. The van der Waals surface area contributed by atoms with Crippen LogP contribution < -0.4 is 9.44 Å². The zero-order chi connectivity index (χ0) is 15.1. The van der Waals surface area contributed by atoms with Gasteiger partial charge in [-0.3, -0.25) is 4.79 Å². The van der Waals surface area contributed by atoms with Gasteiger partial charge in [-0.25, -0.2) is 9.52 Å². The molecule has 3 N–H and O–H groups in total. The normalized spacial score (nSPS) is 11.9. The van der Waals surface area contributed by atoms with Gasteiger partial charge >= 0.3 is 22.3 Å². The molecule has 0 fully saturated rings. The highest BCUT2D eigenvalue weighted by Crippen LogP contribution is 2.25. The Bertz CT molecular complexity index is 416. The van der Waals surface area contributed by atoms with E-state index >= 15 is 0 Å². The van der Waals surface area contributed by atoms with E-state index in [0.717, 1.165) is 0 Å². The zero-order valence-electron chi connectivity index (χ0n) is 11.2. The van der Waals surface area contributed by atoms with Gasteiger partial charge in [-0.05, 0) is 19.8 Å². The van der Waals surface area contributed by atoms with E-state index in [1.54, 1.807) is 18.6 Å². The first-order valence-corrected chi connectivity index (χ1v) is 7.38. The summed E-state index contributed by atoms with van der Waals surface area (Å²) in [5.41, 5.74) is -1.19. The Morgan fingerprint density at radius 2 is 1.74 bits per heavy atom. The standard InChI is InChI=1S/C10H20N2O6S/c1-4-10(5-2,8(13)14)7-11-19(16,17)12-9(15)18-6-3/h11H,4-7H2,1-3H3,(H,12,15)(H,13,14). The molecule has 0 saturated heterocycles. The predicted molar refractivity (Wildman–Crippen MR) is 67.7 cm³/mol. The quantitative estimate of drug-likeness (QED) is 0.598. The van der Waals surface area contributed by atoms with Gasteiger partial charge in [-0.1, -0.05) is 13.8 Å². The van der Waals surface area contributed by atoms with E-state index in [0.29, 0.717) is 0 Å². The Morgan fingerprint density at radius 3 is 2.11 bits per heavy atom. The van der Waals surface area contributed by atoms with Crippen LogP contribution in [0.5, 0.6) is 0 Å². The third-order valence-electron chi connectivity index (χ3n) is 2.90. The Kier molecular flexibility index (Phi) is 6.77. The van der Waals surface area contributed by atoms with Gasteiger partial charge in [0.25, 0.3) is 0 Å². The van der Waals surface area contributed by atoms with Crippen LogP contribution in [0.1, 0.15) is 33.6 Å². The van der Waals surface area contributed by atoms with Crippen molar-refractivity contribution in [3.8, 4) is 0 Å². The van der Waals surface area contributed by atoms with E-state index in [1.807, 2.05) is 0 Å². The van der Waals surface area contributed by atoms with Crippen molar-refractivity contribution in [2.24, 2.45) is 5.41 Å². The summed E-state index contributed by atoms with van der Waals surface area (Å²) in [7, 11) is -4.13. The average molecular weight is 296 g/mol. The summed E-state index contributed by atoms with van der Waals surface area (Å²) in [6.07, 6.45) is -0.578. The first-order chi connectivity index (χ1) is 8.73. The summed E-state index contributed by atoms with van der Waals surface area (Å²) in [5.74, 6) is -1.09. The van der Waals surface area contributed by atoms with Crippen molar-refractivity contribution < 1.29 is 27.9 Å². The van der Waals surface area contributed by atoms with Crippen LogP contribution in [0, 0.1) is 5.41 Å². The number of carboxylic acid groups (broad SMARTS) is 1. The number of ether oxygens (including phenoxy) is 1. The summed E-state index contributed by atoms with van der Waals surface area (Å²) in [5, 5.41) is 9.14. The monoisotopic (exact) mass is 296 g/mol. The lowest BCUT2D eigenvalue weighted by atomic mass is 9.83. The fourth-order valence-corrected chi connectivity index (χ4v) is 2.23. The maximum Gasteiger partial charge on any atom is 0.421 e. The lowest BCUT2D eigenvalue weighted by Crippen LogP contribution is -2.47. The molecule has 0 aliphatic rings. The Hall–Kier alpha value is -1.35. The number of amides is 1. The van der Waals surface area contributed by atoms with Gasteiger partial charge in [-0.15, -0.1) is 0 Å². The number of aliphatic carboxylic acids is 1. The molecule has 0 aromatic carbocycles. The van der Waals surface area contributed by atoms with Crippen LogP contribution in [0.4, 0.5) is 4.79 Å². The lowest BCUT2D eigenvalue weighted by Gasteiger charge is -2.26. The summed E-state index contributed by atoms with van der Waals surface area (Å²) in [6.45, 7) is 4.58. The van der Waals surface area contributed by atoms with E-state index in [2.05, 4.69) is 9.46 Å². The number of hydrogen-bond acceptors (Lipinski definition) is 5. The van der Waals surface area contributed by atoms with Crippen LogP contribution in [0.15, 0.2) is 0 Å². The largest absolute Gasteiger partial charge is 0.481 e. The molecule has 0 bridgehead atoms. The second-order valence-corrected chi connectivity index (χ2v) is 5.44. The fourth-order valence-electron chi connectivity index (χ4n) is 1.42. The van der Waals surface area contributed by atoms with Crippen molar-refractivity contribution in [3.05, 3.63) is 0 Å². The second-order valence-electron chi connectivity index (χ2n) is 3.94. The highest BCUT2D eigenvalue weighted by Gasteiger charge is 2.36. The van der Waals surface area contributed by atoms with Crippen LogP contribution in [0.3, 0.4) is 0 Å². The minimum atomic E-state index is -4.13. The van der Waals surface area contributed by atoms with Crippen LogP contribution in [-0.2, 0) is 19.7 Å². The van der Waals surface area contributed by atoms with Crippen molar-refractivity contribution in [3.63, 3.8) is 0 Å². The minimum absolute atomic E-state index is 0.0321. The predicted octanol–water partition coefficient (Wildman–Crippen LogP) is 0.458. The Balaban J connectivity index is 4.68. The molecule has 1 amide bonds. The molecular weight excluding hydrogens is 276 g/mol. The first-order valence-electron chi connectivity index (χ1n) is 5.90. The van der Waals surface area contributed by atoms with Crippen LogP contribution in [0.2, 0.25) is 0 Å². The molecule has 0 aliphatic heterocycles. The second kappa shape index (κ2) is 7.29. The molecule has 9 heteroatoms. The number of nitrogens with one attached hydrogen (secondary N) is 2. The molecule has 19 heavy (non-hydrogen) atoms. The molecule has 0 aromatic heterocycles. The van der Waals surface area contributed by atoms with Crippen LogP contribution in [0.25, 0.3) is 0 Å². The summed E-state index contributed by atoms with van der Waals surface area (Å²) < 4.78 is 31.1. The Morgan fingerprint density at radius 1 is 1.21 bits per heavy atom. The number of carbonyl (C=O) groups excluding carboxylic acids is 1. The summed E-state index contributed by atoms with van der Waals surface area (Å²) in [4.78, 5) is 22.2. The van der Waals surface area contributed by atoms with Crippen molar-refractivity contribution in [1.82, 2.24) is 9.44 Å². The average Bonchev–Trinajstić information content (AvgIpc) is 2.30. The van der Waals surface area contributed by atoms with E-state index in [-0.39, 0.29) is 26.0 Å². The van der Waals surface area contributed by atoms with E-state index in [4.69, 9.17) is 5.11 Å². The zero-order valence-corrected chi connectivity index (χ0v) is 12.0. The van der Waals surface area contributed by atoms with E-state index in [9.17, 15) is 18.0 Å².